The Hall–Kier alpha value is -3.33. The first-order valence-electron chi connectivity index (χ1n) is 16.3. The van der Waals surface area contributed by atoms with Crippen molar-refractivity contribution in [1.29, 1.82) is 0 Å². The van der Waals surface area contributed by atoms with E-state index in [0.717, 1.165) is 48.4 Å². The first-order chi connectivity index (χ1) is 21.3. The predicted octanol–water partition coefficient (Wildman–Crippen LogP) is 5.58. The van der Waals surface area contributed by atoms with Gasteiger partial charge in [-0.2, -0.15) is 0 Å². The van der Waals surface area contributed by atoms with Crippen LogP contribution in [0.4, 0.5) is 5.82 Å². The molecule has 2 saturated carbocycles. The first kappa shape index (κ1) is 30.7. The van der Waals surface area contributed by atoms with Crippen LogP contribution in [0.1, 0.15) is 74.0 Å². The van der Waals surface area contributed by atoms with E-state index in [-0.39, 0.29) is 5.75 Å². The Morgan fingerprint density at radius 1 is 0.955 bits per heavy atom. The smallest absolute Gasteiger partial charge is 0.124 e. The van der Waals surface area contributed by atoms with E-state index in [4.69, 9.17) is 11.5 Å². The molecule has 0 atom stereocenters. The number of hydrogen-bond acceptors (Lipinski definition) is 7. The molecule has 44 heavy (non-hydrogen) atoms. The van der Waals surface area contributed by atoms with Crippen LogP contribution in [0.3, 0.4) is 0 Å². The summed E-state index contributed by atoms with van der Waals surface area (Å²) in [7, 11) is 3.25. The molecule has 1 aromatic heterocycles. The van der Waals surface area contributed by atoms with Gasteiger partial charge in [-0.15, -0.1) is 0 Å². The number of benzene rings is 2. The van der Waals surface area contributed by atoms with Gasteiger partial charge in [0.05, 0.1) is 0 Å². The number of nitrogens with zero attached hydrogens (tertiary/aromatic N) is 2. The molecule has 2 aliphatic heterocycles. The molecule has 2 aliphatic carbocycles. The van der Waals surface area contributed by atoms with Crippen molar-refractivity contribution in [2.45, 2.75) is 69.4 Å². The molecule has 6 N–H and O–H groups in total. The molecule has 3 heterocycles. The third-order valence-electron chi connectivity index (χ3n) is 10.9. The van der Waals surface area contributed by atoms with Gasteiger partial charge in [-0.05, 0) is 125 Å². The van der Waals surface area contributed by atoms with Crippen LogP contribution in [0, 0.1) is 11.3 Å². The van der Waals surface area contributed by atoms with Crippen LogP contribution in [-0.4, -0.2) is 78.7 Å². The summed E-state index contributed by atoms with van der Waals surface area (Å²) >= 11 is 0. The van der Waals surface area contributed by atoms with Crippen LogP contribution in [-0.2, 0) is 9.53 Å². The summed E-state index contributed by atoms with van der Waals surface area (Å²) in [6.07, 6.45) is 12.9. The monoisotopic (exact) mass is 599 g/mol. The number of aromatic nitrogens is 1. The van der Waals surface area contributed by atoms with Gasteiger partial charge in [-0.25, -0.2) is 0 Å². The van der Waals surface area contributed by atoms with Crippen molar-refractivity contribution < 1.29 is 14.6 Å². The number of ether oxygens (including phenoxy) is 1. The minimum absolute atomic E-state index is 0.164. The molecular formula is C36H49N5O3. The summed E-state index contributed by atoms with van der Waals surface area (Å²) in [5.74, 6) is 1.65. The molecule has 0 bridgehead atoms. The van der Waals surface area contributed by atoms with Crippen LogP contribution in [0.2, 0.25) is 0 Å². The number of aromatic amines is 1. The van der Waals surface area contributed by atoms with Gasteiger partial charge >= 0.3 is 0 Å². The number of carbonyl (C=O) groups is 1. The zero-order valence-electron chi connectivity index (χ0n) is 26.3. The number of phenols is 1. The number of nitrogens with two attached hydrogens (primary N) is 2. The number of carbonyl (C=O) groups excluding carboxylic acids is 1. The normalized spacial score (nSPS) is 27.0. The third kappa shape index (κ3) is 6.12. The van der Waals surface area contributed by atoms with Gasteiger partial charge in [0, 0.05) is 59.9 Å². The fourth-order valence-corrected chi connectivity index (χ4v) is 8.51. The summed E-state index contributed by atoms with van der Waals surface area (Å²) in [6.45, 7) is 4.78. The maximum atomic E-state index is 11.0. The van der Waals surface area contributed by atoms with Crippen LogP contribution in [0.15, 0.2) is 42.5 Å². The van der Waals surface area contributed by atoms with E-state index in [0.29, 0.717) is 40.4 Å². The van der Waals surface area contributed by atoms with E-state index in [9.17, 15) is 9.90 Å². The zero-order chi connectivity index (χ0) is 30.8. The van der Waals surface area contributed by atoms with E-state index < -0.39 is 0 Å². The van der Waals surface area contributed by atoms with Gasteiger partial charge < -0.3 is 40.9 Å². The van der Waals surface area contributed by atoms with Crippen molar-refractivity contribution in [3.8, 4) is 5.75 Å². The second-order valence-electron chi connectivity index (χ2n) is 13.7. The number of anilines is 1. The lowest BCUT2D eigenvalue weighted by atomic mass is 9.50. The fourth-order valence-electron chi connectivity index (χ4n) is 8.51. The van der Waals surface area contributed by atoms with E-state index in [1.807, 2.05) is 18.2 Å². The number of methoxy groups -OCH3 is 1. The minimum atomic E-state index is 0.164. The summed E-state index contributed by atoms with van der Waals surface area (Å²) in [5, 5.41) is 11.3. The number of hydrogen-bond donors (Lipinski definition) is 4. The van der Waals surface area contributed by atoms with Gasteiger partial charge in [0.1, 0.15) is 17.9 Å². The van der Waals surface area contributed by atoms with Gasteiger partial charge in [0.2, 0.25) is 0 Å². The highest BCUT2D eigenvalue weighted by Crippen LogP contribution is 2.59. The molecule has 2 saturated heterocycles. The standard InChI is InChI=1S/C34H43N5O2.C2H6O/c35-30(27-3-1-2-4-32(27)41)16-29-28-15-24(5-6-31(28)37-33(29)36)23-7-11-38(12-8-23)25-9-13-39(14-10-25)26-19-34(20-26)17-22(18-34)21-40;1-3-2/h1-6,15-16,21-23,25-26,37,41H,7-14,17-20,35-36H2;1-2H3/b30-16-;. The number of phenolic OH excluding ortho intramolecular Hbond substituents is 1. The average molecular weight is 600 g/mol. The minimum Gasteiger partial charge on any atom is -0.507 e. The molecule has 3 aromatic rings. The second-order valence-corrected chi connectivity index (χ2v) is 13.7. The first-order valence-corrected chi connectivity index (χ1v) is 16.3. The number of aldehydes is 1. The molecule has 236 valence electrons. The second kappa shape index (κ2) is 13.0. The molecule has 4 fully saturated rings. The predicted molar refractivity (Wildman–Crippen MR) is 178 cm³/mol. The number of piperidine rings is 2. The lowest BCUT2D eigenvalue weighted by Crippen LogP contribution is -2.59. The number of nitrogens with one attached hydrogen (secondary N) is 1. The zero-order valence-corrected chi connectivity index (χ0v) is 26.3. The van der Waals surface area contributed by atoms with Crippen molar-refractivity contribution in [3.63, 3.8) is 0 Å². The van der Waals surface area contributed by atoms with E-state index >= 15 is 0 Å². The Morgan fingerprint density at radius 2 is 1.59 bits per heavy atom. The van der Waals surface area contributed by atoms with Crippen LogP contribution >= 0.6 is 0 Å². The Morgan fingerprint density at radius 3 is 2.25 bits per heavy atom. The van der Waals surface area contributed by atoms with Crippen molar-refractivity contribution in [2.24, 2.45) is 17.1 Å². The van der Waals surface area contributed by atoms with Crippen molar-refractivity contribution >= 4 is 34.8 Å². The van der Waals surface area contributed by atoms with Crippen molar-refractivity contribution in [1.82, 2.24) is 14.8 Å². The molecular weight excluding hydrogens is 550 g/mol. The van der Waals surface area contributed by atoms with Crippen LogP contribution in [0.5, 0.6) is 5.75 Å². The molecule has 1 spiro atoms. The number of H-pyrrole nitrogens is 1. The average Bonchev–Trinajstić information content (AvgIpc) is 3.30. The van der Waals surface area contributed by atoms with Crippen LogP contribution in [0.25, 0.3) is 22.7 Å². The molecule has 4 aliphatic rings. The maximum Gasteiger partial charge on any atom is 0.124 e. The Labute approximate surface area is 261 Å². The van der Waals surface area contributed by atoms with E-state index in [1.54, 1.807) is 26.4 Å². The van der Waals surface area contributed by atoms with E-state index in [2.05, 4.69) is 37.7 Å². The van der Waals surface area contributed by atoms with Crippen molar-refractivity contribution in [2.75, 3.05) is 46.1 Å². The number of nitrogen functional groups attached to an aromatic ring is 1. The SMILES string of the molecule is COC.N/C(=C\c1c(N)[nH]c2ccc(C3CCN(C4CCN(C5CC6(CC(C=O)C6)C5)CC4)CC3)cc12)c1ccccc1O. The van der Waals surface area contributed by atoms with Crippen molar-refractivity contribution in [3.05, 3.63) is 59.2 Å². The van der Waals surface area contributed by atoms with Crippen LogP contribution < -0.4 is 11.5 Å². The molecule has 2 aromatic carbocycles. The Kier molecular flexibility index (Phi) is 9.03. The molecule has 8 heteroatoms. The number of rotatable bonds is 6. The summed E-state index contributed by atoms with van der Waals surface area (Å²) in [4.78, 5) is 19.8. The summed E-state index contributed by atoms with van der Waals surface area (Å²) in [6, 6.07) is 15.3. The molecule has 0 radical (unpaired) electrons. The summed E-state index contributed by atoms with van der Waals surface area (Å²) < 4.78 is 4.25. The number of aromatic hydroxyl groups is 1. The lowest BCUT2D eigenvalue weighted by Gasteiger charge is -2.60. The highest BCUT2D eigenvalue weighted by molar-refractivity contribution is 5.99. The van der Waals surface area contributed by atoms with Gasteiger partial charge in [0.15, 0.2) is 0 Å². The van der Waals surface area contributed by atoms with Gasteiger partial charge in [0.25, 0.3) is 0 Å². The Bertz CT molecular complexity index is 1470. The highest BCUT2D eigenvalue weighted by Gasteiger charge is 2.54. The molecule has 0 amide bonds. The largest absolute Gasteiger partial charge is 0.507 e. The molecule has 0 unspecified atom stereocenters. The maximum absolute atomic E-state index is 11.0. The van der Waals surface area contributed by atoms with E-state index in [1.165, 1.54) is 63.5 Å². The quantitative estimate of drug-likeness (QED) is 0.273. The number of para-hydroxylation sites is 1. The Balaban J connectivity index is 0.00000110. The summed E-state index contributed by atoms with van der Waals surface area (Å²) in [5.41, 5.74) is 17.7. The topological polar surface area (TPSA) is 121 Å². The van der Waals surface area contributed by atoms with Gasteiger partial charge in [-0.1, -0.05) is 18.2 Å². The highest BCUT2D eigenvalue weighted by atomic mass is 16.4. The number of fused-ring (bicyclic) bond motifs is 1. The molecule has 7 rings (SSSR count). The number of likely N-dealkylation sites (tertiary alicyclic amines) is 2. The third-order valence-corrected chi connectivity index (χ3v) is 10.9. The fraction of sp³-hybridized carbons (Fsp3) is 0.528. The lowest BCUT2D eigenvalue weighted by molar-refractivity contribution is -0.130. The molecule has 8 nitrogen and oxygen atoms in total. The van der Waals surface area contributed by atoms with Gasteiger partial charge in [-0.3, -0.25) is 0 Å².